The van der Waals surface area contributed by atoms with Crippen molar-refractivity contribution in [3.05, 3.63) is 23.4 Å². The van der Waals surface area contributed by atoms with Crippen molar-refractivity contribution < 1.29 is 0 Å². The van der Waals surface area contributed by atoms with Crippen LogP contribution in [0.15, 0.2) is 12.3 Å². The van der Waals surface area contributed by atoms with Gasteiger partial charge in [0.1, 0.15) is 5.82 Å². The summed E-state index contributed by atoms with van der Waals surface area (Å²) in [4.78, 5) is 7.23. The lowest BCUT2D eigenvalue weighted by Crippen LogP contribution is -2.28. The summed E-state index contributed by atoms with van der Waals surface area (Å²) in [5.74, 6) is 2.38. The van der Waals surface area contributed by atoms with E-state index in [-0.39, 0.29) is 0 Å². The Balaban J connectivity index is 1.66. The summed E-state index contributed by atoms with van der Waals surface area (Å²) in [5.41, 5.74) is 2.63. The van der Waals surface area contributed by atoms with Crippen LogP contribution in [0.25, 0.3) is 0 Å². The largest absolute Gasteiger partial charge is 0.356 e. The van der Waals surface area contributed by atoms with Gasteiger partial charge in [0.15, 0.2) is 0 Å². The summed E-state index contributed by atoms with van der Waals surface area (Å²) in [7, 11) is 0. The minimum atomic E-state index is 0.400. The molecule has 2 aliphatic rings. The summed E-state index contributed by atoms with van der Waals surface area (Å²) in [5, 5.41) is 3.56. The lowest BCUT2D eigenvalue weighted by molar-refractivity contribution is 0.634. The molecule has 1 saturated carbocycles. The van der Waals surface area contributed by atoms with Crippen LogP contribution >= 0.6 is 11.8 Å². The van der Waals surface area contributed by atoms with Gasteiger partial charge in [-0.2, -0.15) is 11.8 Å². The maximum Gasteiger partial charge on any atom is 0.131 e. The van der Waals surface area contributed by atoms with Gasteiger partial charge >= 0.3 is 0 Å². The van der Waals surface area contributed by atoms with Crippen LogP contribution in [0.1, 0.15) is 44.2 Å². The standard InChI is InChI=1S/C17H27N3S/c1-13-10-14(11-18-15-4-5-15)12-19-16(13)20-7-6-17(2,3)21-9-8-20/h10,12,15,18H,4-9,11H2,1-3H3. The summed E-state index contributed by atoms with van der Waals surface area (Å²) < 4.78 is 0.400. The number of aryl methyl sites for hydroxylation is 1. The van der Waals surface area contributed by atoms with Gasteiger partial charge in [0.2, 0.25) is 0 Å². The first-order chi connectivity index (χ1) is 10.0. The van der Waals surface area contributed by atoms with Crippen LogP contribution in [-0.4, -0.2) is 34.6 Å². The van der Waals surface area contributed by atoms with E-state index in [0.29, 0.717) is 4.75 Å². The van der Waals surface area contributed by atoms with Crippen molar-refractivity contribution in [2.75, 3.05) is 23.7 Å². The third kappa shape index (κ3) is 4.13. The number of thioether (sulfide) groups is 1. The normalized spacial score (nSPS) is 22.1. The molecule has 0 bridgehead atoms. The second kappa shape index (κ2) is 6.17. The average molecular weight is 305 g/mol. The molecule has 1 aliphatic carbocycles. The fourth-order valence-electron chi connectivity index (χ4n) is 2.84. The summed E-state index contributed by atoms with van der Waals surface area (Å²) in [6, 6.07) is 3.07. The van der Waals surface area contributed by atoms with Gasteiger partial charge in [-0.25, -0.2) is 4.98 Å². The summed E-state index contributed by atoms with van der Waals surface area (Å²) in [6.07, 6.45) is 5.96. The number of hydrogen-bond donors (Lipinski definition) is 1. The molecule has 1 N–H and O–H groups in total. The Morgan fingerprint density at radius 2 is 2.19 bits per heavy atom. The van der Waals surface area contributed by atoms with Crippen molar-refractivity contribution in [2.45, 2.75) is 57.4 Å². The third-order valence-electron chi connectivity index (χ3n) is 4.42. The van der Waals surface area contributed by atoms with E-state index in [0.717, 1.165) is 25.7 Å². The van der Waals surface area contributed by atoms with Gasteiger partial charge in [-0.1, -0.05) is 13.8 Å². The molecule has 1 aromatic rings. The molecular formula is C17H27N3S. The Kier molecular flexibility index (Phi) is 4.46. The Bertz CT molecular complexity index is 497. The first-order valence-electron chi connectivity index (χ1n) is 8.11. The van der Waals surface area contributed by atoms with Gasteiger partial charge in [0, 0.05) is 42.4 Å². The maximum absolute atomic E-state index is 4.77. The Morgan fingerprint density at radius 1 is 1.38 bits per heavy atom. The minimum absolute atomic E-state index is 0.400. The molecule has 1 aromatic heterocycles. The highest BCUT2D eigenvalue weighted by molar-refractivity contribution is 8.00. The predicted octanol–water partition coefficient (Wildman–Crippen LogP) is 3.36. The highest BCUT2D eigenvalue weighted by Gasteiger charge is 2.25. The molecule has 0 radical (unpaired) electrons. The molecule has 0 amide bonds. The predicted molar refractivity (Wildman–Crippen MR) is 92.2 cm³/mol. The molecule has 0 unspecified atom stereocenters. The van der Waals surface area contributed by atoms with Gasteiger partial charge in [0.25, 0.3) is 0 Å². The van der Waals surface area contributed by atoms with Crippen molar-refractivity contribution in [1.82, 2.24) is 10.3 Å². The molecule has 3 nitrogen and oxygen atoms in total. The number of aromatic nitrogens is 1. The second-order valence-corrected chi connectivity index (χ2v) is 8.79. The summed E-state index contributed by atoms with van der Waals surface area (Å²) >= 11 is 2.09. The lowest BCUT2D eigenvalue weighted by Gasteiger charge is -2.25. The molecule has 0 atom stereocenters. The van der Waals surface area contributed by atoms with Crippen LogP contribution in [0.4, 0.5) is 5.82 Å². The minimum Gasteiger partial charge on any atom is -0.356 e. The van der Waals surface area contributed by atoms with E-state index in [1.807, 2.05) is 0 Å². The quantitative estimate of drug-likeness (QED) is 0.923. The van der Waals surface area contributed by atoms with Gasteiger partial charge < -0.3 is 10.2 Å². The lowest BCUT2D eigenvalue weighted by atomic mass is 10.1. The third-order valence-corrected chi connectivity index (χ3v) is 5.79. The smallest absolute Gasteiger partial charge is 0.131 e. The molecule has 21 heavy (non-hydrogen) atoms. The van der Waals surface area contributed by atoms with Crippen LogP contribution in [-0.2, 0) is 6.54 Å². The van der Waals surface area contributed by atoms with Crippen molar-refractivity contribution >= 4 is 17.6 Å². The Labute approximate surface area is 132 Å². The fourth-order valence-corrected chi connectivity index (χ4v) is 3.94. The maximum atomic E-state index is 4.77. The van der Waals surface area contributed by atoms with Gasteiger partial charge in [-0.3, -0.25) is 0 Å². The topological polar surface area (TPSA) is 28.2 Å². The average Bonchev–Trinajstić information content (AvgIpc) is 3.25. The Hall–Kier alpha value is -0.740. The number of nitrogens with zero attached hydrogens (tertiary/aromatic N) is 2. The molecule has 4 heteroatoms. The number of rotatable bonds is 4. The zero-order valence-electron chi connectivity index (χ0n) is 13.5. The van der Waals surface area contributed by atoms with E-state index in [9.17, 15) is 0 Å². The van der Waals surface area contributed by atoms with Gasteiger partial charge in [-0.05, 0) is 43.4 Å². The Morgan fingerprint density at radius 3 is 2.90 bits per heavy atom. The van der Waals surface area contributed by atoms with E-state index in [1.54, 1.807) is 0 Å². The van der Waals surface area contributed by atoms with Crippen LogP contribution in [0.3, 0.4) is 0 Å². The van der Waals surface area contributed by atoms with Crippen LogP contribution in [0.2, 0.25) is 0 Å². The number of nitrogens with one attached hydrogen (secondary N) is 1. The molecule has 116 valence electrons. The number of hydrogen-bond acceptors (Lipinski definition) is 4. The molecule has 2 fully saturated rings. The van der Waals surface area contributed by atoms with E-state index in [4.69, 9.17) is 4.98 Å². The van der Waals surface area contributed by atoms with Crippen molar-refractivity contribution in [1.29, 1.82) is 0 Å². The molecule has 3 rings (SSSR count). The van der Waals surface area contributed by atoms with Crippen molar-refractivity contribution in [3.63, 3.8) is 0 Å². The van der Waals surface area contributed by atoms with E-state index in [2.05, 4.69) is 55.0 Å². The molecule has 0 aromatic carbocycles. The highest BCUT2D eigenvalue weighted by Crippen LogP contribution is 2.32. The number of pyridine rings is 1. The van der Waals surface area contributed by atoms with Crippen LogP contribution < -0.4 is 10.2 Å². The first-order valence-corrected chi connectivity index (χ1v) is 9.10. The molecular weight excluding hydrogens is 278 g/mol. The first kappa shape index (κ1) is 15.2. The molecule has 1 aliphatic heterocycles. The van der Waals surface area contributed by atoms with E-state index in [1.165, 1.54) is 42.0 Å². The van der Waals surface area contributed by atoms with Crippen LogP contribution in [0, 0.1) is 6.92 Å². The van der Waals surface area contributed by atoms with Crippen molar-refractivity contribution in [2.24, 2.45) is 0 Å². The summed E-state index contributed by atoms with van der Waals surface area (Å²) in [6.45, 7) is 10.1. The van der Waals surface area contributed by atoms with E-state index >= 15 is 0 Å². The number of anilines is 1. The van der Waals surface area contributed by atoms with Crippen molar-refractivity contribution in [3.8, 4) is 0 Å². The molecule has 0 spiro atoms. The SMILES string of the molecule is Cc1cc(CNC2CC2)cnc1N1CCSC(C)(C)CC1. The highest BCUT2D eigenvalue weighted by atomic mass is 32.2. The monoisotopic (exact) mass is 305 g/mol. The van der Waals surface area contributed by atoms with Gasteiger partial charge in [-0.15, -0.1) is 0 Å². The second-order valence-electron chi connectivity index (χ2n) is 6.98. The van der Waals surface area contributed by atoms with Gasteiger partial charge in [0.05, 0.1) is 0 Å². The molecule has 2 heterocycles. The van der Waals surface area contributed by atoms with Crippen LogP contribution in [0.5, 0.6) is 0 Å². The zero-order valence-corrected chi connectivity index (χ0v) is 14.3. The van der Waals surface area contributed by atoms with E-state index < -0.39 is 0 Å². The molecule has 1 saturated heterocycles. The fraction of sp³-hybridized carbons (Fsp3) is 0.706. The zero-order chi connectivity index (χ0) is 14.9.